The Kier molecular flexibility index (Phi) is 8.60. The molecule has 9 heteroatoms. The standard InChI is InChI=1S/C25H27N3O6/c1-2-32-17-15-25(22(29)27-24(31)28-23(25)30)34-21-13-11-20(12-14-21)33-19-9-7-18(8-10-19)6-4-3-5-16-26/h7-14H,2-6,15,17H2,1H3,(H2,27,28,29,30,31). The Morgan fingerprint density at radius 3 is 2.06 bits per heavy atom. The minimum atomic E-state index is -1.92. The number of hydrogen-bond acceptors (Lipinski definition) is 7. The van der Waals surface area contributed by atoms with Crippen LogP contribution in [0.3, 0.4) is 0 Å². The summed E-state index contributed by atoms with van der Waals surface area (Å²) in [5.74, 6) is -0.211. The molecule has 1 heterocycles. The third-order valence-corrected chi connectivity index (χ3v) is 5.27. The van der Waals surface area contributed by atoms with Crippen LogP contribution in [0.1, 0.15) is 38.2 Å². The van der Waals surface area contributed by atoms with Crippen LogP contribution < -0.4 is 20.1 Å². The van der Waals surface area contributed by atoms with E-state index >= 15 is 0 Å². The molecule has 1 aliphatic heterocycles. The molecule has 0 atom stereocenters. The fourth-order valence-electron chi connectivity index (χ4n) is 3.44. The van der Waals surface area contributed by atoms with E-state index in [-0.39, 0.29) is 18.8 Å². The predicted molar refractivity (Wildman–Crippen MR) is 122 cm³/mol. The molecule has 178 valence electrons. The van der Waals surface area contributed by atoms with Crippen molar-refractivity contribution in [3.05, 3.63) is 54.1 Å². The van der Waals surface area contributed by atoms with E-state index in [2.05, 4.69) is 16.7 Å². The van der Waals surface area contributed by atoms with Gasteiger partial charge in [-0.15, -0.1) is 0 Å². The van der Waals surface area contributed by atoms with Crippen molar-refractivity contribution in [1.29, 1.82) is 5.26 Å². The number of hydrogen-bond donors (Lipinski definition) is 2. The summed E-state index contributed by atoms with van der Waals surface area (Å²) in [6.07, 6.45) is 3.27. The van der Waals surface area contributed by atoms with Gasteiger partial charge in [0.15, 0.2) is 0 Å². The van der Waals surface area contributed by atoms with Crippen molar-refractivity contribution in [3.63, 3.8) is 0 Å². The van der Waals surface area contributed by atoms with Crippen LogP contribution >= 0.6 is 0 Å². The van der Waals surface area contributed by atoms with E-state index in [4.69, 9.17) is 19.5 Å². The number of aryl methyl sites for hydroxylation is 1. The third kappa shape index (κ3) is 6.33. The molecule has 1 aliphatic rings. The lowest BCUT2D eigenvalue weighted by Gasteiger charge is -2.34. The van der Waals surface area contributed by atoms with Crippen LogP contribution in [0.15, 0.2) is 48.5 Å². The average molecular weight is 466 g/mol. The quantitative estimate of drug-likeness (QED) is 0.362. The molecule has 0 unspecified atom stereocenters. The molecular weight excluding hydrogens is 438 g/mol. The van der Waals surface area contributed by atoms with Crippen LogP contribution in [-0.2, 0) is 20.7 Å². The van der Waals surface area contributed by atoms with Crippen molar-refractivity contribution in [2.75, 3.05) is 13.2 Å². The van der Waals surface area contributed by atoms with Crippen LogP contribution in [0.2, 0.25) is 0 Å². The van der Waals surface area contributed by atoms with Crippen LogP contribution in [0, 0.1) is 11.3 Å². The number of carbonyl (C=O) groups is 3. The Labute approximate surface area is 198 Å². The number of rotatable bonds is 12. The highest BCUT2D eigenvalue weighted by Crippen LogP contribution is 2.28. The molecule has 0 spiro atoms. The maximum absolute atomic E-state index is 12.6. The topological polar surface area (TPSA) is 127 Å². The second kappa shape index (κ2) is 11.8. The van der Waals surface area contributed by atoms with Gasteiger partial charge < -0.3 is 14.2 Å². The highest BCUT2D eigenvalue weighted by Gasteiger charge is 2.52. The molecule has 0 radical (unpaired) electrons. The third-order valence-electron chi connectivity index (χ3n) is 5.27. The number of nitriles is 1. The lowest BCUT2D eigenvalue weighted by Crippen LogP contribution is -2.69. The van der Waals surface area contributed by atoms with Gasteiger partial charge in [-0.1, -0.05) is 12.1 Å². The fraction of sp³-hybridized carbons (Fsp3) is 0.360. The number of urea groups is 1. The van der Waals surface area contributed by atoms with Gasteiger partial charge in [0.05, 0.1) is 12.7 Å². The number of unbranched alkanes of at least 4 members (excludes halogenated alkanes) is 2. The lowest BCUT2D eigenvalue weighted by molar-refractivity contribution is -0.153. The Bertz CT molecular complexity index is 1020. The second-order valence-corrected chi connectivity index (χ2v) is 7.70. The summed E-state index contributed by atoms with van der Waals surface area (Å²) in [6, 6.07) is 15.5. The summed E-state index contributed by atoms with van der Waals surface area (Å²) in [5, 5.41) is 12.8. The number of benzene rings is 2. The summed E-state index contributed by atoms with van der Waals surface area (Å²) < 4.78 is 17.0. The molecule has 3 rings (SSSR count). The van der Waals surface area contributed by atoms with E-state index in [1.807, 2.05) is 24.3 Å². The Morgan fingerprint density at radius 1 is 0.882 bits per heavy atom. The molecular formula is C25H27N3O6. The normalized spacial score (nSPS) is 14.6. The molecule has 2 aromatic carbocycles. The maximum Gasteiger partial charge on any atom is 0.328 e. The summed E-state index contributed by atoms with van der Waals surface area (Å²) in [6.45, 7) is 2.30. The summed E-state index contributed by atoms with van der Waals surface area (Å²) in [4.78, 5) is 36.6. The largest absolute Gasteiger partial charge is 0.467 e. The molecule has 2 N–H and O–H groups in total. The number of carbonyl (C=O) groups excluding carboxylic acids is 3. The van der Waals surface area contributed by atoms with E-state index in [9.17, 15) is 14.4 Å². The molecule has 0 aliphatic carbocycles. The number of ether oxygens (including phenoxy) is 3. The maximum atomic E-state index is 12.6. The van der Waals surface area contributed by atoms with Crippen LogP contribution in [0.4, 0.5) is 4.79 Å². The molecule has 2 aromatic rings. The van der Waals surface area contributed by atoms with Crippen molar-refractivity contribution in [1.82, 2.24) is 10.6 Å². The highest BCUT2D eigenvalue weighted by molar-refractivity contribution is 6.21. The van der Waals surface area contributed by atoms with E-state index < -0.39 is 23.4 Å². The Morgan fingerprint density at radius 2 is 1.47 bits per heavy atom. The van der Waals surface area contributed by atoms with Gasteiger partial charge in [0, 0.05) is 19.4 Å². The number of nitrogens with zero attached hydrogens (tertiary/aromatic N) is 1. The average Bonchev–Trinajstić information content (AvgIpc) is 2.82. The number of barbiturate groups is 1. The highest BCUT2D eigenvalue weighted by atomic mass is 16.5. The van der Waals surface area contributed by atoms with Gasteiger partial charge in [-0.3, -0.25) is 20.2 Å². The van der Waals surface area contributed by atoms with Crippen LogP contribution in [0.25, 0.3) is 0 Å². The van der Waals surface area contributed by atoms with E-state index in [0.29, 0.717) is 24.5 Å². The first kappa shape index (κ1) is 24.7. The molecule has 34 heavy (non-hydrogen) atoms. The van der Waals surface area contributed by atoms with Crippen LogP contribution in [-0.4, -0.2) is 36.7 Å². The van der Waals surface area contributed by atoms with Gasteiger partial charge >= 0.3 is 6.03 Å². The zero-order valence-electron chi connectivity index (χ0n) is 19.0. The first-order valence-corrected chi connectivity index (χ1v) is 11.1. The number of amides is 4. The number of imide groups is 2. The van der Waals surface area contributed by atoms with Gasteiger partial charge in [-0.2, -0.15) is 5.26 Å². The van der Waals surface area contributed by atoms with E-state index in [1.54, 1.807) is 31.2 Å². The molecule has 1 fully saturated rings. The van der Waals surface area contributed by atoms with Gasteiger partial charge in [0.25, 0.3) is 17.4 Å². The smallest absolute Gasteiger partial charge is 0.328 e. The van der Waals surface area contributed by atoms with Crippen molar-refractivity contribution in [2.45, 2.75) is 44.6 Å². The lowest BCUT2D eigenvalue weighted by atomic mass is 9.95. The zero-order valence-corrected chi connectivity index (χ0v) is 19.0. The van der Waals surface area contributed by atoms with E-state index in [0.717, 1.165) is 19.3 Å². The van der Waals surface area contributed by atoms with Gasteiger partial charge in [0.1, 0.15) is 17.2 Å². The first-order valence-electron chi connectivity index (χ1n) is 11.1. The molecule has 0 saturated carbocycles. The minimum absolute atomic E-state index is 0.0626. The summed E-state index contributed by atoms with van der Waals surface area (Å²) >= 11 is 0. The Hall–Kier alpha value is -3.90. The molecule has 4 amide bonds. The fourth-order valence-corrected chi connectivity index (χ4v) is 3.44. The van der Waals surface area contributed by atoms with Crippen LogP contribution in [0.5, 0.6) is 17.2 Å². The summed E-state index contributed by atoms with van der Waals surface area (Å²) in [7, 11) is 0. The molecule has 0 bridgehead atoms. The van der Waals surface area contributed by atoms with Gasteiger partial charge in [0.2, 0.25) is 0 Å². The Balaban J connectivity index is 1.64. The van der Waals surface area contributed by atoms with Crippen molar-refractivity contribution >= 4 is 17.8 Å². The number of nitrogens with one attached hydrogen (secondary N) is 2. The monoisotopic (exact) mass is 465 g/mol. The summed E-state index contributed by atoms with van der Waals surface area (Å²) in [5.41, 5.74) is -0.747. The van der Waals surface area contributed by atoms with Crippen molar-refractivity contribution < 1.29 is 28.6 Å². The minimum Gasteiger partial charge on any atom is -0.467 e. The van der Waals surface area contributed by atoms with Gasteiger partial charge in [-0.25, -0.2) is 4.79 Å². The molecule has 1 saturated heterocycles. The SMILES string of the molecule is CCOCCC1(Oc2ccc(Oc3ccc(CCCCC#N)cc3)cc2)C(=O)NC(=O)NC1=O. The predicted octanol–water partition coefficient (Wildman–Crippen LogP) is 3.63. The van der Waals surface area contributed by atoms with Gasteiger partial charge in [-0.05, 0) is 68.1 Å². The van der Waals surface area contributed by atoms with Crippen molar-refractivity contribution in [2.24, 2.45) is 0 Å². The molecule has 0 aromatic heterocycles. The first-order chi connectivity index (χ1) is 16.5. The van der Waals surface area contributed by atoms with E-state index in [1.165, 1.54) is 5.56 Å². The molecule has 9 nitrogen and oxygen atoms in total. The zero-order chi connectivity index (χ0) is 24.4. The second-order valence-electron chi connectivity index (χ2n) is 7.70. The van der Waals surface area contributed by atoms with Crippen molar-refractivity contribution in [3.8, 4) is 23.3 Å².